The van der Waals surface area contributed by atoms with Gasteiger partial charge in [-0.3, -0.25) is 19.2 Å². The standard InChI is InChI=1S/C36H53N5O7/c1-21(2)25-18-27(32(44)38-26(17-22-15-16-22)29(42)31(37)43)41(19-25)33(45)30(36(3,4)5)40-35(47)39-28(24-13-9-10-14-24)34(46)48-20-23-11-7-6-8-12-23/h6-8,11-12,21-22,24-28,30H,9-10,13-20H2,1-5H3,(H2,37,43)(H,38,44)(H2,39,40,47)/t25-,26?,27+,28+,30-/m1/s1. The topological polar surface area (TPSA) is 177 Å². The predicted octanol–water partition coefficient (Wildman–Crippen LogP) is 3.21. The Balaban J connectivity index is 1.49. The van der Waals surface area contributed by atoms with Gasteiger partial charge in [-0.2, -0.15) is 0 Å². The van der Waals surface area contributed by atoms with Crippen LogP contribution in [0.3, 0.4) is 0 Å². The zero-order chi connectivity index (χ0) is 35.2. The maximum atomic E-state index is 14.3. The minimum Gasteiger partial charge on any atom is -0.459 e. The summed E-state index contributed by atoms with van der Waals surface area (Å²) in [6, 6.07) is 4.76. The van der Waals surface area contributed by atoms with E-state index in [2.05, 4.69) is 16.0 Å². The number of hydrogen-bond acceptors (Lipinski definition) is 7. The van der Waals surface area contributed by atoms with Crippen LogP contribution < -0.4 is 21.7 Å². The molecule has 0 radical (unpaired) electrons. The van der Waals surface area contributed by atoms with Gasteiger partial charge in [0.2, 0.25) is 17.6 Å². The molecule has 48 heavy (non-hydrogen) atoms. The molecule has 12 nitrogen and oxygen atoms in total. The lowest BCUT2D eigenvalue weighted by Crippen LogP contribution is -2.61. The van der Waals surface area contributed by atoms with Crippen LogP contribution in [0.25, 0.3) is 0 Å². The lowest BCUT2D eigenvalue weighted by atomic mass is 9.85. The molecule has 12 heteroatoms. The Bertz CT molecular complexity index is 1330. The number of ketones is 1. The van der Waals surface area contributed by atoms with Crippen molar-refractivity contribution in [1.82, 2.24) is 20.9 Å². The van der Waals surface area contributed by atoms with Crippen LogP contribution in [-0.2, 0) is 35.3 Å². The van der Waals surface area contributed by atoms with Crippen LogP contribution in [-0.4, -0.2) is 71.1 Å². The fourth-order valence-electron chi connectivity index (χ4n) is 6.81. The summed E-state index contributed by atoms with van der Waals surface area (Å²) in [6.07, 6.45) is 5.95. The van der Waals surface area contributed by atoms with Crippen LogP contribution in [0.5, 0.6) is 0 Å². The number of nitrogens with zero attached hydrogens (tertiary/aromatic N) is 1. The summed E-state index contributed by atoms with van der Waals surface area (Å²) in [4.78, 5) is 80.8. The maximum absolute atomic E-state index is 14.3. The molecule has 2 saturated carbocycles. The number of rotatable bonds is 14. The third kappa shape index (κ3) is 9.79. The van der Waals surface area contributed by atoms with E-state index in [-0.39, 0.29) is 36.8 Å². The van der Waals surface area contributed by atoms with Crippen molar-refractivity contribution in [2.24, 2.45) is 34.8 Å². The van der Waals surface area contributed by atoms with E-state index in [1.807, 2.05) is 65.0 Å². The number of primary amides is 1. The number of benzene rings is 1. The molecule has 3 aliphatic rings. The fourth-order valence-corrected chi connectivity index (χ4v) is 6.81. The van der Waals surface area contributed by atoms with Crippen LogP contribution in [0.15, 0.2) is 30.3 Å². The SMILES string of the molecule is CC(C)[C@@H]1C[C@@H](C(=O)NC(CC2CC2)C(=O)C(N)=O)N(C(=O)[C@@H](NC(=O)N[C@H](C(=O)OCc2ccccc2)C2CCCC2)C(C)(C)C)C1. The summed E-state index contributed by atoms with van der Waals surface area (Å²) in [5.41, 5.74) is 5.36. The smallest absolute Gasteiger partial charge is 0.329 e. The second-order valence-electron chi connectivity index (χ2n) is 15.2. The van der Waals surface area contributed by atoms with E-state index < -0.39 is 65.1 Å². The quantitative estimate of drug-likeness (QED) is 0.174. The highest BCUT2D eigenvalue weighted by Gasteiger charge is 2.47. The fraction of sp³-hybridized carbons (Fsp3) is 0.667. The average Bonchev–Trinajstić information content (AvgIpc) is 3.48. The summed E-state index contributed by atoms with van der Waals surface area (Å²) in [6.45, 7) is 9.87. The van der Waals surface area contributed by atoms with Crippen molar-refractivity contribution in [2.45, 2.75) is 117 Å². The van der Waals surface area contributed by atoms with E-state index in [1.165, 1.54) is 4.90 Å². The molecule has 1 unspecified atom stereocenters. The van der Waals surface area contributed by atoms with Gasteiger partial charge in [0.15, 0.2) is 0 Å². The van der Waals surface area contributed by atoms with Crippen molar-refractivity contribution in [3.05, 3.63) is 35.9 Å². The largest absolute Gasteiger partial charge is 0.459 e. The number of likely N-dealkylation sites (tertiary alicyclic amines) is 1. The molecular formula is C36H53N5O7. The van der Waals surface area contributed by atoms with E-state index in [9.17, 15) is 28.8 Å². The zero-order valence-electron chi connectivity index (χ0n) is 29.0. The number of carbonyl (C=O) groups excluding carboxylic acids is 6. The van der Waals surface area contributed by atoms with Gasteiger partial charge in [-0.15, -0.1) is 0 Å². The number of ether oxygens (including phenoxy) is 1. The summed E-state index contributed by atoms with van der Waals surface area (Å²) in [7, 11) is 0. The van der Waals surface area contributed by atoms with Crippen LogP contribution in [0.1, 0.15) is 91.5 Å². The van der Waals surface area contributed by atoms with Gasteiger partial charge in [0.25, 0.3) is 5.91 Å². The second-order valence-corrected chi connectivity index (χ2v) is 15.2. The summed E-state index contributed by atoms with van der Waals surface area (Å²) in [5.74, 6) is -3.14. The number of amides is 5. The van der Waals surface area contributed by atoms with Gasteiger partial charge in [-0.25, -0.2) is 9.59 Å². The summed E-state index contributed by atoms with van der Waals surface area (Å²) < 4.78 is 5.62. The molecular weight excluding hydrogens is 614 g/mol. The third-order valence-electron chi connectivity index (χ3n) is 10.0. The van der Waals surface area contributed by atoms with E-state index in [0.717, 1.165) is 44.1 Å². The highest BCUT2D eigenvalue weighted by atomic mass is 16.5. The lowest BCUT2D eigenvalue weighted by molar-refractivity contribution is -0.148. The van der Waals surface area contributed by atoms with Crippen molar-refractivity contribution in [3.8, 4) is 0 Å². The third-order valence-corrected chi connectivity index (χ3v) is 10.0. The molecule has 1 aliphatic heterocycles. The predicted molar refractivity (Wildman–Crippen MR) is 179 cm³/mol. The Morgan fingerprint density at radius 3 is 2.12 bits per heavy atom. The maximum Gasteiger partial charge on any atom is 0.329 e. The number of esters is 1. The number of nitrogens with two attached hydrogens (primary N) is 1. The Morgan fingerprint density at radius 2 is 1.56 bits per heavy atom. The van der Waals surface area contributed by atoms with Gasteiger partial charge >= 0.3 is 12.0 Å². The van der Waals surface area contributed by atoms with Crippen LogP contribution >= 0.6 is 0 Å². The molecule has 0 aromatic heterocycles. The van der Waals surface area contributed by atoms with Crippen LogP contribution in [0.2, 0.25) is 0 Å². The van der Waals surface area contributed by atoms with Crippen molar-refractivity contribution >= 4 is 35.5 Å². The van der Waals surface area contributed by atoms with Gasteiger partial charge in [0.05, 0.1) is 6.04 Å². The molecule has 5 N–H and O–H groups in total. The molecule has 4 rings (SSSR count). The van der Waals surface area contributed by atoms with Gasteiger partial charge in [-0.1, -0.05) is 90.6 Å². The Labute approximate surface area is 283 Å². The molecule has 5 atom stereocenters. The summed E-state index contributed by atoms with van der Waals surface area (Å²) in [5, 5.41) is 8.39. The van der Waals surface area contributed by atoms with Crippen molar-refractivity contribution in [3.63, 3.8) is 0 Å². The molecule has 2 aliphatic carbocycles. The van der Waals surface area contributed by atoms with Crippen molar-refractivity contribution in [1.29, 1.82) is 0 Å². The van der Waals surface area contributed by atoms with Crippen molar-refractivity contribution in [2.75, 3.05) is 6.54 Å². The number of carbonyl (C=O) groups is 6. The van der Waals surface area contributed by atoms with Crippen LogP contribution in [0.4, 0.5) is 4.79 Å². The molecule has 1 saturated heterocycles. The molecule has 264 valence electrons. The normalized spacial score (nSPS) is 21.7. The molecule has 1 aromatic carbocycles. The minimum atomic E-state index is -1.11. The van der Waals surface area contributed by atoms with E-state index in [1.54, 1.807) is 0 Å². The monoisotopic (exact) mass is 667 g/mol. The van der Waals surface area contributed by atoms with Crippen LogP contribution in [0, 0.1) is 29.1 Å². The second kappa shape index (κ2) is 16.0. The molecule has 3 fully saturated rings. The Hall–Kier alpha value is -3.96. The number of Topliss-reactive ketones (excluding diaryl/α,β-unsaturated/α-hetero) is 1. The highest BCUT2D eigenvalue weighted by Crippen LogP contribution is 2.35. The first-order valence-electron chi connectivity index (χ1n) is 17.4. The average molecular weight is 668 g/mol. The van der Waals surface area contributed by atoms with E-state index in [0.29, 0.717) is 12.8 Å². The molecule has 1 heterocycles. The Kier molecular flexibility index (Phi) is 12.3. The number of urea groups is 1. The molecule has 0 spiro atoms. The van der Waals surface area contributed by atoms with Gasteiger partial charge in [0.1, 0.15) is 24.7 Å². The first-order chi connectivity index (χ1) is 22.6. The first kappa shape index (κ1) is 36.9. The number of nitrogens with one attached hydrogen (secondary N) is 3. The number of hydrogen-bond donors (Lipinski definition) is 4. The molecule has 5 amide bonds. The zero-order valence-corrected chi connectivity index (χ0v) is 29.0. The Morgan fingerprint density at radius 1 is 0.917 bits per heavy atom. The lowest BCUT2D eigenvalue weighted by Gasteiger charge is -2.36. The molecule has 0 bridgehead atoms. The van der Waals surface area contributed by atoms with Crippen molar-refractivity contribution < 1.29 is 33.5 Å². The minimum absolute atomic E-state index is 0.000925. The van der Waals surface area contributed by atoms with Gasteiger partial charge in [0, 0.05) is 6.54 Å². The van der Waals surface area contributed by atoms with E-state index >= 15 is 0 Å². The molecule has 1 aromatic rings. The highest BCUT2D eigenvalue weighted by molar-refractivity contribution is 6.37. The summed E-state index contributed by atoms with van der Waals surface area (Å²) >= 11 is 0. The van der Waals surface area contributed by atoms with E-state index in [4.69, 9.17) is 10.5 Å². The first-order valence-corrected chi connectivity index (χ1v) is 17.4. The van der Waals surface area contributed by atoms with Gasteiger partial charge in [-0.05, 0) is 60.3 Å². The van der Waals surface area contributed by atoms with Gasteiger partial charge < -0.3 is 31.3 Å².